The van der Waals surface area contributed by atoms with Crippen LogP contribution in [0.25, 0.3) is 0 Å². The zero-order chi connectivity index (χ0) is 27.8. The van der Waals surface area contributed by atoms with E-state index in [4.69, 9.17) is 4.74 Å². The Morgan fingerprint density at radius 1 is 1.00 bits per heavy atom. The van der Waals surface area contributed by atoms with E-state index in [-0.39, 0.29) is 23.5 Å². The number of rotatable bonds is 10. The lowest BCUT2D eigenvalue weighted by Crippen LogP contribution is -2.57. The number of thiol groups is 1. The molecule has 3 N–H and O–H groups in total. The van der Waals surface area contributed by atoms with E-state index in [1.54, 1.807) is 32.9 Å². The molecule has 0 bridgehead atoms. The third-order valence-corrected chi connectivity index (χ3v) is 5.66. The van der Waals surface area contributed by atoms with Crippen LogP contribution in [0.1, 0.15) is 86.8 Å². The fourth-order valence-corrected chi connectivity index (χ4v) is 3.91. The first kappa shape index (κ1) is 31.6. The Labute approximate surface area is 222 Å². The summed E-state index contributed by atoms with van der Waals surface area (Å²) in [5.74, 6) is -0.309. The first-order valence-corrected chi connectivity index (χ1v) is 13.1. The highest BCUT2D eigenvalue weighted by molar-refractivity contribution is 7.80. The molecule has 0 fully saturated rings. The Balaban J connectivity index is 3.53. The number of amides is 3. The van der Waals surface area contributed by atoms with E-state index >= 15 is 0 Å². The van der Waals surface area contributed by atoms with Gasteiger partial charge in [0.25, 0.3) is 0 Å². The van der Waals surface area contributed by atoms with Crippen LogP contribution in [0.5, 0.6) is 5.75 Å². The maximum atomic E-state index is 14.0. The van der Waals surface area contributed by atoms with Gasteiger partial charge < -0.3 is 25.4 Å². The lowest BCUT2D eigenvalue weighted by molar-refractivity contribution is -0.145. The number of nitrogens with zero attached hydrogens (tertiary/aromatic N) is 1. The number of phenolic OH excluding ortho intramolecular Hbond substituents is 1. The number of benzene rings is 1. The van der Waals surface area contributed by atoms with Gasteiger partial charge in [-0.15, -0.1) is 0 Å². The second-order valence-electron chi connectivity index (χ2n) is 11.7. The van der Waals surface area contributed by atoms with E-state index < -0.39 is 35.2 Å². The van der Waals surface area contributed by atoms with Gasteiger partial charge >= 0.3 is 6.09 Å². The van der Waals surface area contributed by atoms with Crippen LogP contribution in [0, 0.1) is 5.92 Å². The highest BCUT2D eigenvalue weighted by atomic mass is 32.1. The third-order valence-electron chi connectivity index (χ3n) is 5.30. The van der Waals surface area contributed by atoms with Crippen molar-refractivity contribution >= 4 is 30.5 Å². The number of phenols is 1. The number of carbonyl (C=O) groups excluding carboxylic acids is 3. The topological polar surface area (TPSA) is 108 Å². The summed E-state index contributed by atoms with van der Waals surface area (Å²) in [7, 11) is 0. The van der Waals surface area contributed by atoms with E-state index in [0.29, 0.717) is 17.9 Å². The first-order valence-electron chi connectivity index (χ1n) is 12.5. The van der Waals surface area contributed by atoms with Gasteiger partial charge in [0.1, 0.15) is 23.4 Å². The quantitative estimate of drug-likeness (QED) is 0.329. The molecule has 0 saturated heterocycles. The number of aromatic hydroxyl groups is 1. The molecule has 1 rings (SSSR count). The SMILES string of the molecule is CC(C)CCC(C)N(C(=O)C(CS)NC(=O)OC(C)(C)C)C(C(=O)NC(C)(C)C)c1ccc(O)cc1. The minimum absolute atomic E-state index is 0.0225. The number of ether oxygens (including phenoxy) is 1. The average Bonchev–Trinajstić information content (AvgIpc) is 2.71. The first-order chi connectivity index (χ1) is 16.4. The molecule has 0 heterocycles. The Bertz CT molecular complexity index is 875. The van der Waals surface area contributed by atoms with Crippen molar-refractivity contribution in [3.8, 4) is 5.75 Å². The number of hydrogen-bond acceptors (Lipinski definition) is 6. The highest BCUT2D eigenvalue weighted by Crippen LogP contribution is 2.29. The van der Waals surface area contributed by atoms with Crippen LogP contribution < -0.4 is 10.6 Å². The van der Waals surface area contributed by atoms with Gasteiger partial charge in [-0.3, -0.25) is 9.59 Å². The summed E-state index contributed by atoms with van der Waals surface area (Å²) in [6, 6.07) is 3.93. The highest BCUT2D eigenvalue weighted by Gasteiger charge is 2.39. The van der Waals surface area contributed by atoms with Crippen LogP contribution in [-0.4, -0.2) is 56.9 Å². The van der Waals surface area contributed by atoms with E-state index in [0.717, 1.165) is 6.42 Å². The summed E-state index contributed by atoms with van der Waals surface area (Å²) < 4.78 is 5.35. The van der Waals surface area contributed by atoms with Gasteiger partial charge in [-0.25, -0.2) is 4.79 Å². The van der Waals surface area contributed by atoms with Crippen molar-refractivity contribution in [2.45, 2.75) is 104 Å². The van der Waals surface area contributed by atoms with Gasteiger partial charge in [-0.1, -0.05) is 26.0 Å². The van der Waals surface area contributed by atoms with Crippen LogP contribution in [0.15, 0.2) is 24.3 Å². The minimum Gasteiger partial charge on any atom is -0.508 e. The van der Waals surface area contributed by atoms with Gasteiger partial charge in [0, 0.05) is 17.3 Å². The van der Waals surface area contributed by atoms with Crippen molar-refractivity contribution in [2.75, 3.05) is 5.75 Å². The smallest absolute Gasteiger partial charge is 0.408 e. The molecule has 0 aromatic heterocycles. The number of nitrogens with one attached hydrogen (secondary N) is 2. The molecular formula is C27H45N3O5S. The summed E-state index contributed by atoms with van der Waals surface area (Å²) in [6.45, 7) is 16.9. The zero-order valence-corrected chi connectivity index (χ0v) is 24.1. The molecule has 0 aliphatic carbocycles. The molecule has 0 radical (unpaired) electrons. The van der Waals surface area contributed by atoms with Gasteiger partial charge in [0.15, 0.2) is 0 Å². The second-order valence-corrected chi connectivity index (χ2v) is 12.0. The molecule has 204 valence electrons. The molecule has 1 aromatic rings. The fourth-order valence-electron chi connectivity index (χ4n) is 3.66. The minimum atomic E-state index is -1.01. The predicted octanol–water partition coefficient (Wildman–Crippen LogP) is 4.82. The Morgan fingerprint density at radius 2 is 1.56 bits per heavy atom. The average molecular weight is 524 g/mol. The summed E-state index contributed by atoms with van der Waals surface area (Å²) in [5.41, 5.74) is -0.728. The van der Waals surface area contributed by atoms with Crippen molar-refractivity contribution in [2.24, 2.45) is 5.92 Å². The van der Waals surface area contributed by atoms with E-state index in [2.05, 4.69) is 37.1 Å². The molecule has 9 heteroatoms. The van der Waals surface area contributed by atoms with Crippen molar-refractivity contribution in [3.63, 3.8) is 0 Å². The maximum Gasteiger partial charge on any atom is 0.408 e. The molecule has 36 heavy (non-hydrogen) atoms. The van der Waals surface area contributed by atoms with Crippen LogP contribution in [0.2, 0.25) is 0 Å². The van der Waals surface area contributed by atoms with Gasteiger partial charge in [0.2, 0.25) is 11.8 Å². The molecule has 3 unspecified atom stereocenters. The van der Waals surface area contributed by atoms with E-state index in [9.17, 15) is 19.5 Å². The van der Waals surface area contributed by atoms with Crippen LogP contribution in [0.4, 0.5) is 4.79 Å². The monoisotopic (exact) mass is 523 g/mol. The lowest BCUT2D eigenvalue weighted by Gasteiger charge is -2.39. The largest absolute Gasteiger partial charge is 0.508 e. The van der Waals surface area contributed by atoms with Gasteiger partial charge in [-0.2, -0.15) is 12.6 Å². The molecule has 1 aromatic carbocycles. The summed E-state index contributed by atoms with van der Waals surface area (Å²) >= 11 is 4.33. The molecule has 0 spiro atoms. The zero-order valence-electron chi connectivity index (χ0n) is 23.2. The molecule has 0 saturated carbocycles. The van der Waals surface area contributed by atoms with Crippen LogP contribution in [-0.2, 0) is 14.3 Å². The van der Waals surface area contributed by atoms with Crippen LogP contribution >= 0.6 is 12.6 Å². The standard InChI is InChI=1S/C27H45N3O5S/c1-17(2)10-11-18(3)30(24(33)21(16-36)28-25(34)35-27(7,8)9)22(23(32)29-26(4,5)6)19-12-14-20(31)15-13-19/h12-15,17-18,21-22,31,36H,10-11,16H2,1-9H3,(H,28,34)(H,29,32). The molecule has 3 amide bonds. The Morgan fingerprint density at radius 3 is 2.00 bits per heavy atom. The summed E-state index contributed by atoms with van der Waals surface area (Å²) in [6.07, 6.45) is 0.774. The van der Waals surface area contributed by atoms with E-state index in [1.165, 1.54) is 17.0 Å². The third kappa shape index (κ3) is 10.7. The van der Waals surface area contributed by atoms with Crippen molar-refractivity contribution in [1.29, 1.82) is 0 Å². The lowest BCUT2D eigenvalue weighted by atomic mass is 9.96. The van der Waals surface area contributed by atoms with Crippen molar-refractivity contribution in [3.05, 3.63) is 29.8 Å². The van der Waals surface area contributed by atoms with Crippen molar-refractivity contribution in [1.82, 2.24) is 15.5 Å². The molecule has 0 aliphatic rings. The summed E-state index contributed by atoms with van der Waals surface area (Å²) in [4.78, 5) is 41.7. The Hall–Kier alpha value is -2.42. The number of hydrogen-bond donors (Lipinski definition) is 4. The second kappa shape index (κ2) is 13.2. The molecule has 3 atom stereocenters. The predicted molar refractivity (Wildman–Crippen MR) is 146 cm³/mol. The number of carbonyl (C=O) groups is 3. The van der Waals surface area contributed by atoms with Gasteiger partial charge in [0.05, 0.1) is 0 Å². The summed E-state index contributed by atoms with van der Waals surface area (Å²) in [5, 5.41) is 15.4. The number of alkyl carbamates (subject to hydrolysis) is 1. The Kier molecular flexibility index (Phi) is 11.6. The molecule has 0 aliphatic heterocycles. The molecule has 8 nitrogen and oxygen atoms in total. The van der Waals surface area contributed by atoms with Gasteiger partial charge in [-0.05, 0) is 84.9 Å². The normalized spacial score (nSPS) is 14.5. The van der Waals surface area contributed by atoms with Crippen LogP contribution in [0.3, 0.4) is 0 Å². The van der Waals surface area contributed by atoms with E-state index in [1.807, 2.05) is 27.7 Å². The van der Waals surface area contributed by atoms with Crippen molar-refractivity contribution < 1.29 is 24.2 Å². The maximum absolute atomic E-state index is 14.0. The fraction of sp³-hybridized carbons (Fsp3) is 0.667. The molecular weight excluding hydrogens is 478 g/mol.